The van der Waals surface area contributed by atoms with Gasteiger partial charge in [-0.3, -0.25) is 4.79 Å². The summed E-state index contributed by atoms with van der Waals surface area (Å²) in [4.78, 5) is 14.5. The molecule has 150 valence electrons. The second kappa shape index (κ2) is 8.33. The number of rotatable bonds is 7. The van der Waals surface area contributed by atoms with Gasteiger partial charge >= 0.3 is 0 Å². The number of carbonyl (C=O) groups is 1. The van der Waals surface area contributed by atoms with Gasteiger partial charge in [0.1, 0.15) is 5.82 Å². The molecule has 1 saturated carbocycles. The Morgan fingerprint density at radius 1 is 1.21 bits per heavy atom. The molecule has 1 fully saturated rings. The van der Waals surface area contributed by atoms with Crippen LogP contribution in [0.1, 0.15) is 36.3 Å². The normalized spacial score (nSPS) is 13.5. The summed E-state index contributed by atoms with van der Waals surface area (Å²) in [5.74, 6) is 0.385. The number of hydrogen-bond acceptors (Lipinski definition) is 4. The zero-order valence-electron chi connectivity index (χ0n) is 16.1. The Labute approximate surface area is 173 Å². The Kier molecular flexibility index (Phi) is 5.62. The van der Waals surface area contributed by atoms with Crippen molar-refractivity contribution in [1.82, 2.24) is 15.1 Å². The number of benzene rings is 2. The predicted octanol–water partition coefficient (Wildman–Crippen LogP) is 4.96. The molecule has 3 aromatic rings. The summed E-state index contributed by atoms with van der Waals surface area (Å²) in [6.07, 6.45) is 2.41. The van der Waals surface area contributed by atoms with E-state index in [9.17, 15) is 9.18 Å². The molecule has 5 nitrogen and oxygen atoms in total. The first-order valence-electron chi connectivity index (χ1n) is 9.63. The van der Waals surface area contributed by atoms with Crippen LogP contribution in [0.4, 0.5) is 4.39 Å². The molecule has 0 spiro atoms. The molecule has 0 bridgehead atoms. The first-order valence-corrected chi connectivity index (χ1v) is 10.0. The van der Waals surface area contributed by atoms with E-state index in [4.69, 9.17) is 16.0 Å². The molecular weight excluding hydrogens is 393 g/mol. The summed E-state index contributed by atoms with van der Waals surface area (Å²) in [7, 11) is 0. The van der Waals surface area contributed by atoms with Gasteiger partial charge in [-0.25, -0.2) is 4.39 Å². The largest absolute Gasteiger partial charge is 0.421 e. The van der Waals surface area contributed by atoms with E-state index in [1.54, 1.807) is 17.0 Å². The van der Waals surface area contributed by atoms with E-state index in [0.29, 0.717) is 28.8 Å². The van der Waals surface area contributed by atoms with E-state index in [0.717, 1.165) is 24.0 Å². The van der Waals surface area contributed by atoms with Gasteiger partial charge < -0.3 is 9.32 Å². The third kappa shape index (κ3) is 4.65. The molecular formula is C22H21ClFN3O2. The summed E-state index contributed by atoms with van der Waals surface area (Å²) < 4.78 is 19.8. The van der Waals surface area contributed by atoms with Crippen molar-refractivity contribution in [3.8, 4) is 11.5 Å². The number of halogens is 2. The van der Waals surface area contributed by atoms with Crippen LogP contribution < -0.4 is 0 Å². The highest BCUT2D eigenvalue weighted by Crippen LogP contribution is 2.31. The summed E-state index contributed by atoms with van der Waals surface area (Å²) >= 11 is 6.14. The zero-order valence-corrected chi connectivity index (χ0v) is 16.8. The van der Waals surface area contributed by atoms with E-state index in [-0.39, 0.29) is 24.9 Å². The maximum atomic E-state index is 14.1. The van der Waals surface area contributed by atoms with Crippen LogP contribution in [0.25, 0.3) is 11.5 Å². The first-order chi connectivity index (χ1) is 14.0. The monoisotopic (exact) mass is 413 g/mol. The molecule has 4 rings (SSSR count). The van der Waals surface area contributed by atoms with Crippen molar-refractivity contribution in [2.45, 2.75) is 45.2 Å². The van der Waals surface area contributed by atoms with Gasteiger partial charge in [-0.1, -0.05) is 35.4 Å². The molecule has 1 aromatic heterocycles. The lowest BCUT2D eigenvalue weighted by atomic mass is 10.1. The third-order valence-electron chi connectivity index (χ3n) is 5.02. The minimum atomic E-state index is -0.393. The van der Waals surface area contributed by atoms with Gasteiger partial charge in [0.25, 0.3) is 0 Å². The molecule has 2 aromatic carbocycles. The van der Waals surface area contributed by atoms with Gasteiger partial charge in [0, 0.05) is 35.0 Å². The van der Waals surface area contributed by atoms with Gasteiger partial charge in [-0.2, -0.15) is 0 Å². The zero-order chi connectivity index (χ0) is 20.4. The Morgan fingerprint density at radius 2 is 1.97 bits per heavy atom. The molecule has 1 aliphatic carbocycles. The molecule has 0 atom stereocenters. The SMILES string of the molecule is Cc1ccc(-c2nnc(CCC(=O)N(Cc3c(F)cccc3Cl)C3CC3)o2)cc1. The van der Waals surface area contributed by atoms with E-state index in [2.05, 4.69) is 10.2 Å². The Hall–Kier alpha value is -2.73. The second-order valence-corrected chi connectivity index (χ2v) is 7.73. The summed E-state index contributed by atoms with van der Waals surface area (Å²) in [5, 5.41) is 8.46. The number of carbonyl (C=O) groups excluding carboxylic acids is 1. The van der Waals surface area contributed by atoms with Crippen LogP contribution in [0, 0.1) is 12.7 Å². The molecule has 1 amide bonds. The summed E-state index contributed by atoms with van der Waals surface area (Å²) in [6.45, 7) is 2.18. The summed E-state index contributed by atoms with van der Waals surface area (Å²) in [6, 6.07) is 12.5. The molecule has 0 aliphatic heterocycles. The quantitative estimate of drug-likeness (QED) is 0.549. The Balaban J connectivity index is 1.41. The van der Waals surface area contributed by atoms with Crippen LogP contribution in [0.2, 0.25) is 5.02 Å². The molecule has 0 saturated heterocycles. The topological polar surface area (TPSA) is 59.2 Å². The molecule has 29 heavy (non-hydrogen) atoms. The van der Waals surface area contributed by atoms with E-state index in [1.165, 1.54) is 6.07 Å². The standard InChI is InChI=1S/C22H21ClFN3O2/c1-14-5-7-15(8-6-14)22-26-25-20(29-22)11-12-21(28)27(16-9-10-16)13-17-18(23)3-2-4-19(17)24/h2-8,16H,9-13H2,1H3. The number of aromatic nitrogens is 2. The van der Waals surface area contributed by atoms with Crippen LogP contribution in [0.3, 0.4) is 0 Å². The highest BCUT2D eigenvalue weighted by molar-refractivity contribution is 6.31. The molecule has 0 unspecified atom stereocenters. The van der Waals surface area contributed by atoms with E-state index < -0.39 is 5.82 Å². The van der Waals surface area contributed by atoms with Crippen molar-refractivity contribution in [2.75, 3.05) is 0 Å². The molecule has 0 radical (unpaired) electrons. The van der Waals surface area contributed by atoms with E-state index in [1.807, 2.05) is 31.2 Å². The highest BCUT2D eigenvalue weighted by atomic mass is 35.5. The minimum Gasteiger partial charge on any atom is -0.421 e. The van der Waals surface area contributed by atoms with Gasteiger partial charge in [0.15, 0.2) is 0 Å². The molecule has 7 heteroatoms. The fourth-order valence-electron chi connectivity index (χ4n) is 3.19. The number of hydrogen-bond donors (Lipinski definition) is 0. The van der Waals surface area contributed by atoms with Gasteiger partial charge in [0.2, 0.25) is 17.7 Å². The maximum Gasteiger partial charge on any atom is 0.247 e. The van der Waals surface area contributed by atoms with Gasteiger partial charge in [-0.15, -0.1) is 10.2 Å². The number of amides is 1. The highest BCUT2D eigenvalue weighted by Gasteiger charge is 2.33. The maximum absolute atomic E-state index is 14.1. The lowest BCUT2D eigenvalue weighted by molar-refractivity contribution is -0.132. The van der Waals surface area contributed by atoms with Crippen LogP contribution in [-0.2, 0) is 17.8 Å². The van der Waals surface area contributed by atoms with Crippen LogP contribution in [0.5, 0.6) is 0 Å². The summed E-state index contributed by atoms with van der Waals surface area (Å²) in [5.41, 5.74) is 2.34. The second-order valence-electron chi connectivity index (χ2n) is 7.32. The Morgan fingerprint density at radius 3 is 2.66 bits per heavy atom. The van der Waals surface area contributed by atoms with Crippen molar-refractivity contribution in [1.29, 1.82) is 0 Å². The van der Waals surface area contributed by atoms with Crippen molar-refractivity contribution >= 4 is 17.5 Å². The molecule has 1 heterocycles. The van der Waals surface area contributed by atoms with Gasteiger partial charge in [0.05, 0.1) is 6.54 Å². The number of aryl methyl sites for hydroxylation is 2. The average molecular weight is 414 g/mol. The van der Waals surface area contributed by atoms with Crippen molar-refractivity contribution in [2.24, 2.45) is 0 Å². The lowest BCUT2D eigenvalue weighted by Gasteiger charge is -2.23. The lowest BCUT2D eigenvalue weighted by Crippen LogP contribution is -2.33. The predicted molar refractivity (Wildman–Crippen MR) is 108 cm³/mol. The van der Waals surface area contributed by atoms with Crippen LogP contribution in [0.15, 0.2) is 46.9 Å². The minimum absolute atomic E-state index is 0.0677. The smallest absolute Gasteiger partial charge is 0.247 e. The first kappa shape index (κ1) is 19.6. The van der Waals surface area contributed by atoms with Gasteiger partial charge in [-0.05, 0) is 44.0 Å². The Bertz CT molecular complexity index is 995. The molecule has 0 N–H and O–H groups in total. The number of nitrogens with zero attached hydrogens (tertiary/aromatic N) is 3. The van der Waals surface area contributed by atoms with E-state index >= 15 is 0 Å². The van der Waals surface area contributed by atoms with Crippen molar-refractivity contribution in [3.05, 3.63) is 70.3 Å². The fourth-order valence-corrected chi connectivity index (χ4v) is 3.41. The third-order valence-corrected chi connectivity index (χ3v) is 5.37. The van der Waals surface area contributed by atoms with Crippen LogP contribution in [-0.4, -0.2) is 27.0 Å². The van der Waals surface area contributed by atoms with Crippen molar-refractivity contribution in [3.63, 3.8) is 0 Å². The average Bonchev–Trinajstić information content (AvgIpc) is 3.43. The van der Waals surface area contributed by atoms with Crippen LogP contribution >= 0.6 is 11.6 Å². The molecule has 1 aliphatic rings. The van der Waals surface area contributed by atoms with Crippen molar-refractivity contribution < 1.29 is 13.6 Å². The fraction of sp³-hybridized carbons (Fsp3) is 0.318.